The van der Waals surface area contributed by atoms with Crippen LogP contribution >= 0.6 is 0 Å². The van der Waals surface area contributed by atoms with Crippen LogP contribution in [0, 0.1) is 0 Å². The van der Waals surface area contributed by atoms with Crippen LogP contribution in [0.25, 0.3) is 11.3 Å². The molecule has 1 aliphatic rings. The van der Waals surface area contributed by atoms with Gasteiger partial charge in [-0.15, -0.1) is 0 Å². The number of amides is 2. The fourth-order valence-corrected chi connectivity index (χ4v) is 3.89. The highest BCUT2D eigenvalue weighted by Gasteiger charge is 2.28. The number of carbonyl (C=O) groups is 2. The molecule has 7 heteroatoms. The lowest BCUT2D eigenvalue weighted by Crippen LogP contribution is -2.34. The van der Waals surface area contributed by atoms with Gasteiger partial charge in [0.1, 0.15) is 0 Å². The summed E-state index contributed by atoms with van der Waals surface area (Å²) in [5.41, 5.74) is 12.2. The summed E-state index contributed by atoms with van der Waals surface area (Å²) in [5.74, 6) is -0.148. The maximum atomic E-state index is 13.0. The van der Waals surface area contributed by atoms with E-state index in [1.54, 1.807) is 11.9 Å². The fourth-order valence-electron chi connectivity index (χ4n) is 3.89. The molecule has 3 aromatic rings. The average Bonchev–Trinajstić information content (AvgIpc) is 3.17. The third-order valence-electron chi connectivity index (χ3n) is 5.75. The number of carbonyl (C=O) groups excluding carboxylic acids is 2. The summed E-state index contributed by atoms with van der Waals surface area (Å²) in [6, 6.07) is 23.1. The Morgan fingerprint density at radius 2 is 1.62 bits per heavy atom. The molecular weight excluding hydrogens is 426 g/mol. The van der Waals surface area contributed by atoms with Gasteiger partial charge in [-0.05, 0) is 55.6 Å². The van der Waals surface area contributed by atoms with Crippen molar-refractivity contribution in [1.82, 2.24) is 4.90 Å². The van der Waals surface area contributed by atoms with Gasteiger partial charge < -0.3 is 26.2 Å². The summed E-state index contributed by atoms with van der Waals surface area (Å²) in [4.78, 5) is 28.9. The van der Waals surface area contributed by atoms with E-state index in [9.17, 15) is 9.59 Å². The van der Waals surface area contributed by atoms with Gasteiger partial charge in [0.2, 0.25) is 5.91 Å². The van der Waals surface area contributed by atoms with Crippen molar-refractivity contribution in [2.24, 2.45) is 5.73 Å². The minimum absolute atomic E-state index is 0.00717. The molecule has 0 atom stereocenters. The molecule has 0 radical (unpaired) electrons. The number of benzene rings is 3. The molecule has 0 spiro atoms. The third-order valence-corrected chi connectivity index (χ3v) is 5.75. The van der Waals surface area contributed by atoms with Crippen LogP contribution in [0.4, 0.5) is 17.1 Å². The molecule has 7 nitrogen and oxygen atoms in total. The summed E-state index contributed by atoms with van der Waals surface area (Å²) in [6.07, 6.45) is 0. The normalized spacial score (nSPS) is 14.0. The molecular formula is C27H29N5O2. The number of fused-ring (bicyclic) bond motifs is 1. The average molecular weight is 456 g/mol. The van der Waals surface area contributed by atoms with Gasteiger partial charge >= 0.3 is 0 Å². The molecule has 0 aromatic heterocycles. The van der Waals surface area contributed by atoms with Crippen LogP contribution in [0.2, 0.25) is 0 Å². The second-order valence-corrected chi connectivity index (χ2v) is 8.51. The van der Waals surface area contributed by atoms with E-state index in [1.807, 2.05) is 91.8 Å². The number of rotatable bonds is 7. The molecule has 174 valence electrons. The number of nitrogens with zero attached hydrogens (tertiary/aromatic N) is 2. The molecule has 1 heterocycles. The smallest absolute Gasteiger partial charge is 0.258 e. The van der Waals surface area contributed by atoms with Gasteiger partial charge in [-0.1, -0.05) is 42.5 Å². The number of anilines is 3. The molecule has 34 heavy (non-hydrogen) atoms. The topological polar surface area (TPSA) is 90.7 Å². The number of nitrogens with one attached hydrogen (secondary N) is 2. The maximum Gasteiger partial charge on any atom is 0.258 e. The van der Waals surface area contributed by atoms with Crippen molar-refractivity contribution in [3.63, 3.8) is 0 Å². The number of hydrogen-bond donors (Lipinski definition) is 3. The quantitative estimate of drug-likeness (QED) is 0.474. The number of hydrogen-bond acceptors (Lipinski definition) is 5. The molecule has 0 unspecified atom stereocenters. The standard InChI is InChI=1S/C27H29N5O2/c1-31(2)17-24(33)32(3)21-14-12-20(13-15-21)29-26(19-10-8-18(16-28)9-11-19)25-22-6-4-5-7-23(22)30-27(25)34/h4-15,29H,16-17,28H2,1-3H3,(H,30,34)/b26-25-. The lowest BCUT2D eigenvalue weighted by atomic mass is 9.99. The largest absolute Gasteiger partial charge is 0.354 e. The lowest BCUT2D eigenvalue weighted by molar-refractivity contribution is -0.119. The first-order valence-electron chi connectivity index (χ1n) is 11.1. The van der Waals surface area contributed by atoms with Gasteiger partial charge in [0, 0.05) is 36.2 Å². The summed E-state index contributed by atoms with van der Waals surface area (Å²) in [7, 11) is 5.50. The number of nitrogens with two attached hydrogens (primary N) is 1. The molecule has 0 aliphatic carbocycles. The van der Waals surface area contributed by atoms with Crippen molar-refractivity contribution in [3.05, 3.63) is 89.5 Å². The highest BCUT2D eigenvalue weighted by Crippen LogP contribution is 2.37. The number of likely N-dealkylation sites (N-methyl/N-ethyl adjacent to an activating group) is 2. The molecule has 3 aromatic carbocycles. The molecule has 0 saturated heterocycles. The van der Waals surface area contributed by atoms with Crippen molar-refractivity contribution in [2.75, 3.05) is 43.2 Å². The van der Waals surface area contributed by atoms with E-state index in [-0.39, 0.29) is 11.8 Å². The number of para-hydroxylation sites is 1. The van der Waals surface area contributed by atoms with E-state index in [0.29, 0.717) is 24.4 Å². The molecule has 0 bridgehead atoms. The molecule has 0 saturated carbocycles. The molecule has 4 rings (SSSR count). The monoisotopic (exact) mass is 455 g/mol. The Morgan fingerprint density at radius 1 is 0.941 bits per heavy atom. The molecule has 4 N–H and O–H groups in total. The van der Waals surface area contributed by atoms with E-state index in [2.05, 4.69) is 10.6 Å². The van der Waals surface area contributed by atoms with Crippen LogP contribution in [-0.4, -0.2) is 44.4 Å². The van der Waals surface area contributed by atoms with Crippen LogP contribution in [0.1, 0.15) is 16.7 Å². The van der Waals surface area contributed by atoms with Gasteiger partial charge in [-0.3, -0.25) is 9.59 Å². The Hall–Kier alpha value is -3.94. The second-order valence-electron chi connectivity index (χ2n) is 8.51. The van der Waals surface area contributed by atoms with Crippen molar-refractivity contribution in [1.29, 1.82) is 0 Å². The van der Waals surface area contributed by atoms with Crippen LogP contribution in [0.15, 0.2) is 72.8 Å². The highest BCUT2D eigenvalue weighted by atomic mass is 16.2. The van der Waals surface area contributed by atoms with E-state index in [1.165, 1.54) is 0 Å². The van der Waals surface area contributed by atoms with Gasteiger partial charge in [0.05, 0.1) is 17.8 Å². The first-order chi connectivity index (χ1) is 16.4. The van der Waals surface area contributed by atoms with Crippen molar-refractivity contribution >= 4 is 40.1 Å². The lowest BCUT2D eigenvalue weighted by Gasteiger charge is -2.20. The zero-order valence-corrected chi connectivity index (χ0v) is 19.6. The Bertz CT molecular complexity index is 1230. The van der Waals surface area contributed by atoms with E-state index in [0.717, 1.165) is 33.8 Å². The summed E-state index contributed by atoms with van der Waals surface area (Å²) in [5, 5.41) is 6.40. The Balaban J connectivity index is 1.70. The third kappa shape index (κ3) is 4.85. The zero-order valence-electron chi connectivity index (χ0n) is 19.6. The predicted molar refractivity (Wildman–Crippen MR) is 138 cm³/mol. The Morgan fingerprint density at radius 3 is 2.26 bits per heavy atom. The van der Waals surface area contributed by atoms with Crippen molar-refractivity contribution in [3.8, 4) is 0 Å². The van der Waals surface area contributed by atoms with E-state index in [4.69, 9.17) is 5.73 Å². The van der Waals surface area contributed by atoms with E-state index >= 15 is 0 Å². The van der Waals surface area contributed by atoms with Crippen LogP contribution in [0.5, 0.6) is 0 Å². The predicted octanol–water partition coefficient (Wildman–Crippen LogP) is 3.60. The summed E-state index contributed by atoms with van der Waals surface area (Å²) < 4.78 is 0. The Kier molecular flexibility index (Phi) is 6.77. The first-order valence-corrected chi connectivity index (χ1v) is 11.1. The van der Waals surface area contributed by atoms with Gasteiger partial charge in [-0.2, -0.15) is 0 Å². The molecule has 2 amide bonds. The minimum Gasteiger partial charge on any atom is -0.354 e. The van der Waals surface area contributed by atoms with Crippen LogP contribution in [0.3, 0.4) is 0 Å². The van der Waals surface area contributed by atoms with Gasteiger partial charge in [-0.25, -0.2) is 0 Å². The fraction of sp³-hybridized carbons (Fsp3) is 0.185. The first kappa shape index (κ1) is 23.2. The second kappa shape index (κ2) is 9.91. The van der Waals surface area contributed by atoms with E-state index < -0.39 is 0 Å². The van der Waals surface area contributed by atoms with Crippen molar-refractivity contribution in [2.45, 2.75) is 6.54 Å². The van der Waals surface area contributed by atoms with Gasteiger partial charge in [0.15, 0.2) is 0 Å². The molecule has 0 fully saturated rings. The van der Waals surface area contributed by atoms with Gasteiger partial charge in [0.25, 0.3) is 5.91 Å². The Labute approximate surface area is 199 Å². The molecule has 1 aliphatic heterocycles. The zero-order chi connectivity index (χ0) is 24.2. The van der Waals surface area contributed by atoms with Crippen molar-refractivity contribution < 1.29 is 9.59 Å². The SMILES string of the molecule is CN(C)CC(=O)N(C)c1ccc(N/C(=C2\C(=O)Nc3ccccc32)c2ccc(CN)cc2)cc1. The minimum atomic E-state index is -0.155. The van der Waals surface area contributed by atoms with Crippen LogP contribution in [-0.2, 0) is 16.1 Å². The summed E-state index contributed by atoms with van der Waals surface area (Å²) >= 11 is 0. The summed E-state index contributed by atoms with van der Waals surface area (Å²) in [6.45, 7) is 0.782. The maximum absolute atomic E-state index is 13.0. The highest BCUT2D eigenvalue weighted by molar-refractivity contribution is 6.37. The van der Waals surface area contributed by atoms with Crippen LogP contribution < -0.4 is 21.3 Å².